The molecule has 5 heteroatoms. The van der Waals surface area contributed by atoms with Gasteiger partial charge in [-0.1, -0.05) is 0 Å². The summed E-state index contributed by atoms with van der Waals surface area (Å²) in [5, 5.41) is 14.9. The number of hydrogen-bond acceptors (Lipinski definition) is 5. The summed E-state index contributed by atoms with van der Waals surface area (Å²) in [6.07, 6.45) is 1.93. The Hall–Kier alpha value is -1.01. The fraction of sp³-hybridized carbons (Fsp3) is 0.500. The molecule has 1 unspecified atom stereocenters. The largest absolute Gasteiger partial charge is 0.396 e. The topological polar surface area (TPSA) is 54.4 Å². The molecule has 19 heavy (non-hydrogen) atoms. The van der Waals surface area contributed by atoms with Crippen LogP contribution in [0.1, 0.15) is 18.5 Å². The summed E-state index contributed by atoms with van der Waals surface area (Å²) in [5.74, 6) is 0. The van der Waals surface area contributed by atoms with Crippen LogP contribution < -0.4 is 5.32 Å². The number of nitrogens with one attached hydrogen (secondary N) is 1. The van der Waals surface area contributed by atoms with Gasteiger partial charge < -0.3 is 15.2 Å². The second kappa shape index (κ2) is 5.17. The Kier molecular flexibility index (Phi) is 3.54. The van der Waals surface area contributed by atoms with Gasteiger partial charge in [0.25, 0.3) is 0 Å². The van der Waals surface area contributed by atoms with Gasteiger partial charge in [-0.05, 0) is 30.0 Å². The highest BCUT2D eigenvalue weighted by Gasteiger charge is 2.37. The van der Waals surface area contributed by atoms with Gasteiger partial charge in [-0.2, -0.15) is 0 Å². The van der Waals surface area contributed by atoms with E-state index in [4.69, 9.17) is 4.74 Å². The van der Waals surface area contributed by atoms with Gasteiger partial charge in [0.15, 0.2) is 0 Å². The molecule has 3 rings (SSSR count). The first-order valence-corrected chi connectivity index (χ1v) is 7.36. The molecule has 1 saturated heterocycles. The molecule has 1 aliphatic heterocycles. The maximum atomic E-state index is 9.40. The van der Waals surface area contributed by atoms with E-state index in [9.17, 15) is 5.11 Å². The highest BCUT2D eigenvalue weighted by molar-refractivity contribution is 7.17. The summed E-state index contributed by atoms with van der Waals surface area (Å²) in [6, 6.07) is 4.45. The second-order valence-corrected chi connectivity index (χ2v) is 6.27. The maximum Gasteiger partial charge on any atom is 0.0809 e. The maximum absolute atomic E-state index is 9.40. The minimum absolute atomic E-state index is 0.0886. The number of aliphatic hydroxyl groups is 1. The van der Waals surface area contributed by atoms with E-state index in [1.54, 1.807) is 11.3 Å². The lowest BCUT2D eigenvalue weighted by atomic mass is 9.86. The molecule has 1 fully saturated rings. The Balaban J connectivity index is 1.67. The van der Waals surface area contributed by atoms with E-state index >= 15 is 0 Å². The predicted octanol–water partition coefficient (Wildman–Crippen LogP) is 1.96. The molecule has 0 aromatic carbocycles. The lowest BCUT2D eigenvalue weighted by molar-refractivity contribution is -0.135. The number of nitrogens with zero attached hydrogens (tertiary/aromatic N) is 1. The molecule has 0 radical (unpaired) electrons. The number of rotatable bonds is 5. The first kappa shape index (κ1) is 13.0. The smallest absolute Gasteiger partial charge is 0.0809 e. The zero-order valence-corrected chi connectivity index (χ0v) is 11.7. The van der Waals surface area contributed by atoms with Gasteiger partial charge in [-0.25, -0.2) is 0 Å². The van der Waals surface area contributed by atoms with Crippen LogP contribution in [0.2, 0.25) is 0 Å². The van der Waals surface area contributed by atoms with Gasteiger partial charge >= 0.3 is 0 Å². The van der Waals surface area contributed by atoms with E-state index in [-0.39, 0.29) is 18.1 Å². The van der Waals surface area contributed by atoms with Crippen molar-refractivity contribution in [2.45, 2.75) is 13.0 Å². The lowest BCUT2D eigenvalue weighted by Gasteiger charge is -2.40. The molecule has 3 heterocycles. The number of pyridine rings is 1. The monoisotopic (exact) mass is 278 g/mol. The SMILES string of the molecule is CC(NCC1(CO)COC1)c1cnc2ccsc2c1. The lowest BCUT2D eigenvalue weighted by Crippen LogP contribution is -2.52. The number of hydrogen-bond donors (Lipinski definition) is 2. The average molecular weight is 278 g/mol. The van der Waals surface area contributed by atoms with Crippen LogP contribution in [0.25, 0.3) is 10.2 Å². The van der Waals surface area contributed by atoms with Crippen molar-refractivity contribution in [3.8, 4) is 0 Å². The Labute approximate surface area is 116 Å². The van der Waals surface area contributed by atoms with Crippen molar-refractivity contribution in [1.29, 1.82) is 0 Å². The van der Waals surface area contributed by atoms with Crippen molar-refractivity contribution in [2.75, 3.05) is 26.4 Å². The van der Waals surface area contributed by atoms with Gasteiger partial charge in [-0.3, -0.25) is 4.98 Å². The first-order chi connectivity index (χ1) is 9.22. The number of aromatic nitrogens is 1. The summed E-state index contributed by atoms with van der Waals surface area (Å²) in [5.41, 5.74) is 2.15. The highest BCUT2D eigenvalue weighted by atomic mass is 32.1. The van der Waals surface area contributed by atoms with Gasteiger partial charge in [0, 0.05) is 18.8 Å². The van der Waals surface area contributed by atoms with E-state index < -0.39 is 0 Å². The summed E-state index contributed by atoms with van der Waals surface area (Å²) in [4.78, 5) is 4.46. The van der Waals surface area contributed by atoms with E-state index in [2.05, 4.69) is 28.7 Å². The van der Waals surface area contributed by atoms with Crippen molar-refractivity contribution in [2.24, 2.45) is 5.41 Å². The van der Waals surface area contributed by atoms with E-state index in [1.165, 1.54) is 10.3 Å². The molecule has 0 spiro atoms. The van der Waals surface area contributed by atoms with Gasteiger partial charge in [0.2, 0.25) is 0 Å². The van der Waals surface area contributed by atoms with Gasteiger partial charge in [-0.15, -0.1) is 11.3 Å². The van der Waals surface area contributed by atoms with Crippen molar-refractivity contribution >= 4 is 21.6 Å². The number of aliphatic hydroxyl groups excluding tert-OH is 1. The minimum Gasteiger partial charge on any atom is -0.396 e. The van der Waals surface area contributed by atoms with Crippen LogP contribution >= 0.6 is 11.3 Å². The Morgan fingerprint density at radius 1 is 1.58 bits per heavy atom. The molecule has 0 saturated carbocycles. The molecule has 2 aromatic heterocycles. The molecule has 2 N–H and O–H groups in total. The molecule has 1 aliphatic rings. The normalized spacial score (nSPS) is 19.3. The summed E-state index contributed by atoms with van der Waals surface area (Å²) < 4.78 is 6.42. The van der Waals surface area contributed by atoms with Crippen molar-refractivity contribution in [3.63, 3.8) is 0 Å². The van der Waals surface area contributed by atoms with Crippen molar-refractivity contribution < 1.29 is 9.84 Å². The van der Waals surface area contributed by atoms with Crippen LogP contribution in [-0.2, 0) is 4.74 Å². The third-order valence-electron chi connectivity index (χ3n) is 3.76. The fourth-order valence-corrected chi connectivity index (χ4v) is 3.02. The molecule has 0 amide bonds. The van der Waals surface area contributed by atoms with E-state index in [0.717, 1.165) is 12.1 Å². The predicted molar refractivity (Wildman–Crippen MR) is 76.4 cm³/mol. The van der Waals surface area contributed by atoms with Crippen LogP contribution in [0.15, 0.2) is 23.7 Å². The van der Waals surface area contributed by atoms with Crippen LogP contribution in [0, 0.1) is 5.41 Å². The fourth-order valence-electron chi connectivity index (χ4n) is 2.23. The molecular weight excluding hydrogens is 260 g/mol. The van der Waals surface area contributed by atoms with E-state index in [0.29, 0.717) is 13.2 Å². The number of ether oxygens (including phenoxy) is 1. The molecule has 0 aliphatic carbocycles. The molecular formula is C14H18N2O2S. The first-order valence-electron chi connectivity index (χ1n) is 6.48. The quantitative estimate of drug-likeness (QED) is 0.878. The highest BCUT2D eigenvalue weighted by Crippen LogP contribution is 2.27. The molecule has 4 nitrogen and oxygen atoms in total. The van der Waals surface area contributed by atoms with Crippen molar-refractivity contribution in [1.82, 2.24) is 10.3 Å². The Morgan fingerprint density at radius 2 is 2.42 bits per heavy atom. The van der Waals surface area contributed by atoms with Crippen LogP contribution in [-0.4, -0.2) is 36.5 Å². The summed E-state index contributed by atoms with van der Waals surface area (Å²) >= 11 is 1.71. The summed E-state index contributed by atoms with van der Waals surface area (Å²) in [6.45, 7) is 4.36. The Morgan fingerprint density at radius 3 is 3.11 bits per heavy atom. The van der Waals surface area contributed by atoms with Crippen LogP contribution in [0.5, 0.6) is 0 Å². The third-order valence-corrected chi connectivity index (χ3v) is 4.61. The Bertz CT molecular complexity index is 560. The molecule has 0 bridgehead atoms. The van der Waals surface area contributed by atoms with Gasteiger partial charge in [0.1, 0.15) is 0 Å². The van der Waals surface area contributed by atoms with Crippen molar-refractivity contribution in [3.05, 3.63) is 29.3 Å². The standard InChI is InChI=1S/C14H18N2O2S/c1-10(16-6-14(7-17)8-18-9-14)11-4-13-12(15-5-11)2-3-19-13/h2-5,10,16-17H,6-9H2,1H3. The zero-order chi connectivity index (χ0) is 13.3. The van der Waals surface area contributed by atoms with Crippen LogP contribution in [0.3, 0.4) is 0 Å². The van der Waals surface area contributed by atoms with Gasteiger partial charge in [0.05, 0.1) is 35.5 Å². The number of thiophene rings is 1. The van der Waals surface area contributed by atoms with Crippen LogP contribution in [0.4, 0.5) is 0 Å². The second-order valence-electron chi connectivity index (χ2n) is 5.33. The third kappa shape index (κ3) is 2.51. The number of fused-ring (bicyclic) bond motifs is 1. The molecule has 2 aromatic rings. The van der Waals surface area contributed by atoms with E-state index in [1.807, 2.05) is 12.3 Å². The summed E-state index contributed by atoms with van der Waals surface area (Å²) in [7, 11) is 0. The zero-order valence-electron chi connectivity index (χ0n) is 10.9. The average Bonchev–Trinajstić information content (AvgIpc) is 2.84. The molecule has 1 atom stereocenters. The minimum atomic E-state index is -0.0886. The molecule has 102 valence electrons.